The number of aliphatic hydroxyl groups is 1. The number of alkyl halides is 4. The molecular weight excluding hydrogens is 356 g/mol. The molecule has 3 aliphatic rings. The SMILES string of the molecule is O=C(NC[C@H]1C[C@H](NC(=O)C2(C(F)F)CCC2)C[C@H]1O)C1CC(F)(F)C1. The summed E-state index contributed by atoms with van der Waals surface area (Å²) in [6.07, 6.45) is -2.90. The van der Waals surface area contributed by atoms with Gasteiger partial charge in [0.2, 0.25) is 17.7 Å². The Balaban J connectivity index is 1.44. The van der Waals surface area contributed by atoms with E-state index in [-0.39, 0.29) is 31.7 Å². The van der Waals surface area contributed by atoms with Crippen LogP contribution in [0.1, 0.15) is 44.9 Å². The highest BCUT2D eigenvalue weighted by Crippen LogP contribution is 2.46. The van der Waals surface area contributed by atoms with Crippen LogP contribution < -0.4 is 10.6 Å². The Morgan fingerprint density at radius 1 is 1.15 bits per heavy atom. The van der Waals surface area contributed by atoms with Gasteiger partial charge in [0, 0.05) is 37.3 Å². The molecule has 3 atom stereocenters. The lowest BCUT2D eigenvalue weighted by Crippen LogP contribution is -2.52. The van der Waals surface area contributed by atoms with Crippen molar-refractivity contribution in [2.75, 3.05) is 6.54 Å². The quantitative estimate of drug-likeness (QED) is 0.616. The van der Waals surface area contributed by atoms with E-state index in [1.54, 1.807) is 0 Å². The molecule has 3 N–H and O–H groups in total. The molecule has 2 amide bonds. The van der Waals surface area contributed by atoms with Gasteiger partial charge in [-0.05, 0) is 25.7 Å². The van der Waals surface area contributed by atoms with E-state index in [2.05, 4.69) is 10.6 Å². The Bertz CT molecular complexity index is 560. The fraction of sp³-hybridized carbons (Fsp3) is 0.882. The second kappa shape index (κ2) is 6.98. The van der Waals surface area contributed by atoms with Gasteiger partial charge in [-0.15, -0.1) is 0 Å². The maximum Gasteiger partial charge on any atom is 0.252 e. The number of carbonyl (C=O) groups is 2. The number of hydrogen-bond donors (Lipinski definition) is 3. The third-order valence-corrected chi connectivity index (χ3v) is 6.11. The van der Waals surface area contributed by atoms with Crippen molar-refractivity contribution in [2.24, 2.45) is 17.3 Å². The third kappa shape index (κ3) is 3.68. The first-order valence-corrected chi connectivity index (χ1v) is 9.06. The fourth-order valence-electron chi connectivity index (χ4n) is 4.09. The van der Waals surface area contributed by atoms with Gasteiger partial charge in [-0.1, -0.05) is 6.42 Å². The van der Waals surface area contributed by atoms with Gasteiger partial charge in [0.15, 0.2) is 0 Å². The highest BCUT2D eigenvalue weighted by Gasteiger charge is 2.53. The van der Waals surface area contributed by atoms with Gasteiger partial charge in [0.05, 0.1) is 6.10 Å². The number of halogens is 4. The minimum Gasteiger partial charge on any atom is -0.393 e. The van der Waals surface area contributed by atoms with Crippen LogP contribution in [0.25, 0.3) is 0 Å². The standard InChI is InChI=1S/C17H24F4N2O3/c18-14(19)16(2-1-3-16)15(26)23-11-4-9(12(24)5-11)8-22-13(25)10-6-17(20,21)7-10/h9-12,14,24H,1-8H2,(H,22,25)(H,23,26)/t9-,11+,12-/m1/s1. The van der Waals surface area contributed by atoms with Crippen molar-refractivity contribution in [1.82, 2.24) is 10.6 Å². The van der Waals surface area contributed by atoms with Crippen molar-refractivity contribution in [1.29, 1.82) is 0 Å². The molecule has 0 aromatic rings. The minimum atomic E-state index is -2.77. The molecule has 0 aromatic carbocycles. The first-order valence-electron chi connectivity index (χ1n) is 9.06. The monoisotopic (exact) mass is 380 g/mol. The Labute approximate surface area is 148 Å². The van der Waals surface area contributed by atoms with Gasteiger partial charge in [-0.2, -0.15) is 0 Å². The Morgan fingerprint density at radius 3 is 2.31 bits per heavy atom. The van der Waals surface area contributed by atoms with Gasteiger partial charge in [0.1, 0.15) is 5.41 Å². The van der Waals surface area contributed by atoms with Gasteiger partial charge >= 0.3 is 0 Å². The Hall–Kier alpha value is -1.38. The maximum absolute atomic E-state index is 13.2. The predicted molar refractivity (Wildman–Crippen MR) is 83.6 cm³/mol. The maximum atomic E-state index is 13.2. The molecule has 3 fully saturated rings. The molecular formula is C17H24F4N2O3. The first kappa shape index (κ1) is 19.4. The number of rotatable bonds is 6. The van der Waals surface area contributed by atoms with Crippen LogP contribution in [-0.2, 0) is 9.59 Å². The second-order valence-electron chi connectivity index (χ2n) is 7.99. The average molecular weight is 380 g/mol. The summed E-state index contributed by atoms with van der Waals surface area (Å²) in [5, 5.41) is 15.3. The van der Waals surface area contributed by atoms with E-state index in [1.165, 1.54) is 0 Å². The molecule has 0 bridgehead atoms. The number of aliphatic hydroxyl groups excluding tert-OH is 1. The second-order valence-corrected chi connectivity index (χ2v) is 7.99. The van der Waals surface area contributed by atoms with Crippen LogP contribution in [0.4, 0.5) is 17.6 Å². The summed E-state index contributed by atoms with van der Waals surface area (Å²) < 4.78 is 52.0. The van der Waals surface area contributed by atoms with Crippen molar-refractivity contribution in [3.05, 3.63) is 0 Å². The van der Waals surface area contributed by atoms with E-state index in [0.717, 1.165) is 0 Å². The van der Waals surface area contributed by atoms with Crippen LogP contribution in [0.3, 0.4) is 0 Å². The van der Waals surface area contributed by atoms with Crippen LogP contribution in [0, 0.1) is 17.3 Å². The number of amides is 2. The summed E-state index contributed by atoms with van der Waals surface area (Å²) in [6, 6.07) is -0.427. The van der Waals surface area contributed by atoms with Crippen LogP contribution in [0.2, 0.25) is 0 Å². The molecule has 26 heavy (non-hydrogen) atoms. The Kier molecular flexibility index (Phi) is 5.20. The lowest BCUT2D eigenvalue weighted by atomic mass is 9.68. The van der Waals surface area contributed by atoms with Crippen LogP contribution in [0.15, 0.2) is 0 Å². The summed E-state index contributed by atoms with van der Waals surface area (Å²) in [5.41, 5.74) is -1.60. The van der Waals surface area contributed by atoms with Crippen LogP contribution in [-0.4, -0.2) is 48.0 Å². The lowest BCUT2D eigenvalue weighted by Gasteiger charge is -2.39. The molecule has 148 valence electrons. The zero-order valence-electron chi connectivity index (χ0n) is 14.3. The predicted octanol–water partition coefficient (Wildman–Crippen LogP) is 1.84. The summed E-state index contributed by atoms with van der Waals surface area (Å²) in [6.45, 7) is 0.119. The summed E-state index contributed by atoms with van der Waals surface area (Å²) >= 11 is 0. The summed E-state index contributed by atoms with van der Waals surface area (Å²) in [4.78, 5) is 24.0. The largest absolute Gasteiger partial charge is 0.393 e. The lowest BCUT2D eigenvalue weighted by molar-refractivity contribution is -0.151. The summed E-state index contributed by atoms with van der Waals surface area (Å²) in [5.74, 6) is -4.94. The highest BCUT2D eigenvalue weighted by molar-refractivity contribution is 5.84. The normalized spacial score (nSPS) is 32.6. The van der Waals surface area contributed by atoms with E-state index in [4.69, 9.17) is 0 Å². The zero-order valence-corrected chi connectivity index (χ0v) is 14.3. The topological polar surface area (TPSA) is 78.4 Å². The van der Waals surface area contributed by atoms with E-state index in [0.29, 0.717) is 12.8 Å². The molecule has 5 nitrogen and oxygen atoms in total. The van der Waals surface area contributed by atoms with E-state index >= 15 is 0 Å². The minimum absolute atomic E-state index is 0.119. The molecule has 0 unspecified atom stereocenters. The van der Waals surface area contributed by atoms with Crippen molar-refractivity contribution < 1.29 is 32.3 Å². The van der Waals surface area contributed by atoms with Crippen molar-refractivity contribution in [2.45, 2.75) is 69.4 Å². The molecule has 3 rings (SSSR count). The van der Waals surface area contributed by atoms with Gasteiger partial charge < -0.3 is 15.7 Å². The van der Waals surface area contributed by atoms with Crippen molar-refractivity contribution >= 4 is 11.8 Å². The van der Waals surface area contributed by atoms with Gasteiger partial charge in [-0.25, -0.2) is 17.6 Å². The molecule has 0 saturated heterocycles. The zero-order chi connectivity index (χ0) is 19.1. The molecule has 0 aliphatic heterocycles. The first-order chi connectivity index (χ1) is 12.1. The fourth-order valence-corrected chi connectivity index (χ4v) is 4.09. The van der Waals surface area contributed by atoms with Gasteiger partial charge in [0.25, 0.3) is 6.43 Å². The molecule has 3 saturated carbocycles. The Morgan fingerprint density at radius 2 is 1.81 bits per heavy atom. The molecule has 9 heteroatoms. The number of hydrogen-bond acceptors (Lipinski definition) is 3. The third-order valence-electron chi connectivity index (χ3n) is 6.11. The van der Waals surface area contributed by atoms with E-state index in [9.17, 15) is 32.3 Å². The van der Waals surface area contributed by atoms with E-state index in [1.807, 2.05) is 0 Å². The molecule has 0 spiro atoms. The number of carbonyl (C=O) groups excluding carboxylic acids is 2. The van der Waals surface area contributed by atoms with Gasteiger partial charge in [-0.3, -0.25) is 9.59 Å². The molecule has 3 aliphatic carbocycles. The van der Waals surface area contributed by atoms with E-state index < -0.39 is 60.5 Å². The smallest absolute Gasteiger partial charge is 0.252 e. The highest BCUT2D eigenvalue weighted by atomic mass is 19.3. The van der Waals surface area contributed by atoms with Crippen molar-refractivity contribution in [3.63, 3.8) is 0 Å². The average Bonchev–Trinajstić information content (AvgIpc) is 2.80. The molecule has 0 radical (unpaired) electrons. The summed E-state index contributed by atoms with van der Waals surface area (Å²) in [7, 11) is 0. The number of nitrogens with one attached hydrogen (secondary N) is 2. The molecule has 0 heterocycles. The van der Waals surface area contributed by atoms with Crippen molar-refractivity contribution in [3.8, 4) is 0 Å². The van der Waals surface area contributed by atoms with Crippen LogP contribution in [0.5, 0.6) is 0 Å². The van der Waals surface area contributed by atoms with Crippen LogP contribution >= 0.6 is 0 Å². The molecule has 0 aromatic heterocycles.